The van der Waals surface area contributed by atoms with E-state index >= 15 is 0 Å². The molecule has 0 atom stereocenters. The Balaban J connectivity index is 2.01. The van der Waals surface area contributed by atoms with E-state index in [0.717, 1.165) is 16.7 Å². The lowest BCUT2D eigenvalue weighted by molar-refractivity contribution is -0.128. The molecule has 0 spiro atoms. The van der Waals surface area contributed by atoms with Crippen LogP contribution in [0.15, 0.2) is 17.0 Å². The molecule has 1 saturated heterocycles. The molecule has 1 aliphatic rings. The first kappa shape index (κ1) is 20.3. The first-order valence-corrected chi connectivity index (χ1v) is 9.91. The summed E-state index contributed by atoms with van der Waals surface area (Å²) in [5.41, 5.74) is 7.08. The predicted molar refractivity (Wildman–Crippen MR) is 97.8 cm³/mol. The van der Waals surface area contributed by atoms with Crippen LogP contribution >= 0.6 is 0 Å². The van der Waals surface area contributed by atoms with E-state index in [1.54, 1.807) is 0 Å². The van der Waals surface area contributed by atoms with Gasteiger partial charge < -0.3 is 0 Å². The van der Waals surface area contributed by atoms with Crippen LogP contribution in [0.5, 0.6) is 0 Å². The smallest absolute Gasteiger partial charge is 0.252 e. The van der Waals surface area contributed by atoms with Crippen LogP contribution in [0.25, 0.3) is 0 Å². The lowest BCUT2D eigenvalue weighted by Gasteiger charge is -2.34. The molecular weight excluding hydrogens is 356 g/mol. The summed E-state index contributed by atoms with van der Waals surface area (Å²) in [4.78, 5) is 24.8. The summed E-state index contributed by atoms with van der Waals surface area (Å²) in [7, 11) is -3.56. The molecule has 0 radical (unpaired) electrons. The number of benzene rings is 1. The minimum absolute atomic E-state index is 0.108. The standard InChI is InChI=1S/C17H26N4O4S/c1-12-9-13(2)17(14(3)10-12)26(24,25)21-7-5-20(6-8-21)11-16(23)19-18-15(4)22/h9-10H,5-8,11H2,1-4H3,(H,18,22)(H,19,23). The average Bonchev–Trinajstić information content (AvgIpc) is 2.52. The van der Waals surface area contributed by atoms with Crippen LogP contribution in [-0.4, -0.2) is 62.2 Å². The topological polar surface area (TPSA) is 98.8 Å². The van der Waals surface area contributed by atoms with Gasteiger partial charge in [0.1, 0.15) is 0 Å². The largest absolute Gasteiger partial charge is 0.292 e. The molecule has 1 aliphatic heterocycles. The molecule has 2 rings (SSSR count). The molecule has 1 aromatic rings. The van der Waals surface area contributed by atoms with Crippen molar-refractivity contribution in [2.24, 2.45) is 0 Å². The summed E-state index contributed by atoms with van der Waals surface area (Å²) in [5, 5.41) is 0. The summed E-state index contributed by atoms with van der Waals surface area (Å²) in [6.07, 6.45) is 0. The summed E-state index contributed by atoms with van der Waals surface area (Å²) in [5.74, 6) is -0.681. The minimum atomic E-state index is -3.56. The highest BCUT2D eigenvalue weighted by molar-refractivity contribution is 7.89. The summed E-state index contributed by atoms with van der Waals surface area (Å²) in [6, 6.07) is 3.75. The fourth-order valence-electron chi connectivity index (χ4n) is 3.23. The molecular formula is C17H26N4O4S. The van der Waals surface area contributed by atoms with Crippen molar-refractivity contribution in [3.63, 3.8) is 0 Å². The third-order valence-corrected chi connectivity index (χ3v) is 6.48. The maximum atomic E-state index is 13.0. The van der Waals surface area contributed by atoms with Gasteiger partial charge in [-0.3, -0.25) is 25.3 Å². The molecule has 0 saturated carbocycles. The van der Waals surface area contributed by atoms with Crippen molar-refractivity contribution in [1.29, 1.82) is 0 Å². The van der Waals surface area contributed by atoms with Crippen LogP contribution in [0.2, 0.25) is 0 Å². The minimum Gasteiger partial charge on any atom is -0.292 e. The van der Waals surface area contributed by atoms with Gasteiger partial charge in [-0.15, -0.1) is 0 Å². The molecule has 0 aromatic heterocycles. The summed E-state index contributed by atoms with van der Waals surface area (Å²) >= 11 is 0. The van der Waals surface area contributed by atoms with Gasteiger partial charge in [-0.25, -0.2) is 8.42 Å². The Labute approximate surface area is 154 Å². The molecule has 1 aromatic carbocycles. The van der Waals surface area contributed by atoms with Crippen molar-refractivity contribution in [2.45, 2.75) is 32.6 Å². The molecule has 144 valence electrons. The molecule has 2 N–H and O–H groups in total. The van der Waals surface area contributed by atoms with Crippen LogP contribution in [0, 0.1) is 20.8 Å². The third kappa shape index (κ3) is 4.80. The molecule has 8 nitrogen and oxygen atoms in total. The van der Waals surface area contributed by atoms with E-state index in [1.165, 1.54) is 11.2 Å². The summed E-state index contributed by atoms with van der Waals surface area (Å²) < 4.78 is 27.5. The number of sulfonamides is 1. The van der Waals surface area contributed by atoms with Crippen LogP contribution in [0.4, 0.5) is 0 Å². The monoisotopic (exact) mass is 382 g/mol. The number of piperazine rings is 1. The van der Waals surface area contributed by atoms with Gasteiger partial charge >= 0.3 is 0 Å². The Bertz CT molecular complexity index is 776. The number of aryl methyl sites for hydroxylation is 3. The lowest BCUT2D eigenvalue weighted by atomic mass is 10.1. The quantitative estimate of drug-likeness (QED) is 0.719. The highest BCUT2D eigenvalue weighted by Crippen LogP contribution is 2.25. The zero-order chi connectivity index (χ0) is 19.5. The van der Waals surface area contributed by atoms with Gasteiger partial charge in [-0.2, -0.15) is 4.31 Å². The third-order valence-electron chi connectivity index (χ3n) is 4.28. The van der Waals surface area contributed by atoms with Gasteiger partial charge in [0.15, 0.2) is 0 Å². The van der Waals surface area contributed by atoms with Crippen molar-refractivity contribution in [3.05, 3.63) is 28.8 Å². The molecule has 0 aliphatic carbocycles. The Hall–Kier alpha value is -1.97. The second-order valence-electron chi connectivity index (χ2n) is 6.64. The van der Waals surface area contributed by atoms with Crippen molar-refractivity contribution >= 4 is 21.8 Å². The van der Waals surface area contributed by atoms with Gasteiger partial charge in [0.05, 0.1) is 11.4 Å². The van der Waals surface area contributed by atoms with E-state index in [2.05, 4.69) is 10.9 Å². The van der Waals surface area contributed by atoms with Crippen LogP contribution < -0.4 is 10.9 Å². The first-order chi connectivity index (χ1) is 12.1. The molecule has 2 amide bonds. The summed E-state index contributed by atoms with van der Waals surface area (Å²) in [6.45, 7) is 8.54. The zero-order valence-corrected chi connectivity index (χ0v) is 16.4. The van der Waals surface area contributed by atoms with E-state index in [1.807, 2.05) is 37.8 Å². The number of hydrogen-bond donors (Lipinski definition) is 2. The van der Waals surface area contributed by atoms with E-state index in [9.17, 15) is 18.0 Å². The zero-order valence-electron chi connectivity index (χ0n) is 15.6. The Morgan fingerprint density at radius 2 is 1.54 bits per heavy atom. The molecule has 1 fully saturated rings. The number of carbonyl (C=O) groups is 2. The molecule has 26 heavy (non-hydrogen) atoms. The SMILES string of the molecule is CC(=O)NNC(=O)CN1CCN(S(=O)(=O)c2c(C)cc(C)cc2C)CC1. The number of hydrazine groups is 1. The Morgan fingerprint density at radius 1 is 1.00 bits per heavy atom. The molecule has 1 heterocycles. The maximum absolute atomic E-state index is 13.0. The van der Waals surface area contributed by atoms with Gasteiger partial charge in [-0.05, 0) is 31.9 Å². The van der Waals surface area contributed by atoms with E-state index in [4.69, 9.17) is 0 Å². The molecule has 9 heteroatoms. The predicted octanol–water partition coefficient (Wildman–Crippen LogP) is 0.0855. The van der Waals surface area contributed by atoms with Crippen molar-refractivity contribution < 1.29 is 18.0 Å². The number of rotatable bonds is 4. The molecule has 0 bridgehead atoms. The number of hydrogen-bond acceptors (Lipinski definition) is 5. The second kappa shape index (κ2) is 8.15. The van der Waals surface area contributed by atoms with E-state index < -0.39 is 10.0 Å². The number of nitrogens with one attached hydrogen (secondary N) is 2. The fourth-order valence-corrected chi connectivity index (χ4v) is 5.06. The maximum Gasteiger partial charge on any atom is 0.252 e. The van der Waals surface area contributed by atoms with Gasteiger partial charge in [0.25, 0.3) is 5.91 Å². The fraction of sp³-hybridized carbons (Fsp3) is 0.529. The van der Waals surface area contributed by atoms with Crippen molar-refractivity contribution in [3.8, 4) is 0 Å². The Morgan fingerprint density at radius 3 is 2.04 bits per heavy atom. The van der Waals surface area contributed by atoms with E-state index in [-0.39, 0.29) is 18.4 Å². The van der Waals surface area contributed by atoms with Crippen LogP contribution in [-0.2, 0) is 19.6 Å². The average molecular weight is 382 g/mol. The van der Waals surface area contributed by atoms with Gasteiger partial charge in [-0.1, -0.05) is 17.7 Å². The van der Waals surface area contributed by atoms with Crippen LogP contribution in [0.3, 0.4) is 0 Å². The highest BCUT2D eigenvalue weighted by atomic mass is 32.2. The van der Waals surface area contributed by atoms with Gasteiger partial charge in [0, 0.05) is 33.1 Å². The van der Waals surface area contributed by atoms with Crippen molar-refractivity contribution in [1.82, 2.24) is 20.1 Å². The number of nitrogens with zero attached hydrogens (tertiary/aromatic N) is 2. The first-order valence-electron chi connectivity index (χ1n) is 8.47. The van der Waals surface area contributed by atoms with Crippen LogP contribution in [0.1, 0.15) is 23.6 Å². The van der Waals surface area contributed by atoms with Crippen molar-refractivity contribution in [2.75, 3.05) is 32.7 Å². The highest BCUT2D eigenvalue weighted by Gasteiger charge is 2.31. The Kier molecular flexibility index (Phi) is 6.38. The normalized spacial score (nSPS) is 16.3. The van der Waals surface area contributed by atoms with Gasteiger partial charge in [0.2, 0.25) is 15.9 Å². The number of carbonyl (C=O) groups excluding carboxylic acids is 2. The van der Waals surface area contributed by atoms with E-state index in [0.29, 0.717) is 31.1 Å². The second-order valence-corrected chi connectivity index (χ2v) is 8.51. The lowest BCUT2D eigenvalue weighted by Crippen LogP contribution is -2.52. The molecule has 0 unspecified atom stereocenters. The number of amides is 2.